The van der Waals surface area contributed by atoms with E-state index in [2.05, 4.69) is 5.32 Å². The van der Waals surface area contributed by atoms with E-state index in [1.807, 2.05) is 6.07 Å². The van der Waals surface area contributed by atoms with E-state index in [0.29, 0.717) is 17.0 Å². The second-order valence-corrected chi connectivity index (χ2v) is 10.4. The predicted molar refractivity (Wildman–Crippen MR) is 129 cm³/mol. The lowest BCUT2D eigenvalue weighted by Gasteiger charge is -2.35. The van der Waals surface area contributed by atoms with E-state index in [4.69, 9.17) is 11.5 Å². The molecule has 1 aromatic carbocycles. The van der Waals surface area contributed by atoms with Crippen molar-refractivity contribution in [1.82, 2.24) is 5.32 Å². The molecule has 0 spiro atoms. The van der Waals surface area contributed by atoms with Crippen molar-refractivity contribution in [3.05, 3.63) is 33.9 Å². The molecule has 180 valence electrons. The van der Waals surface area contributed by atoms with E-state index in [1.165, 1.54) is 19.3 Å². The van der Waals surface area contributed by atoms with Gasteiger partial charge in [0.25, 0.3) is 5.91 Å². The number of hydrogen-bond acceptors (Lipinski definition) is 3. The topological polar surface area (TPSA) is 115 Å². The number of rotatable bonds is 5. The van der Waals surface area contributed by atoms with Crippen LogP contribution in [0, 0.1) is 0 Å². The summed E-state index contributed by atoms with van der Waals surface area (Å²) in [4.78, 5) is 38.2. The van der Waals surface area contributed by atoms with Gasteiger partial charge in [0.15, 0.2) is 0 Å². The standard InChI is InChI=1S/C27H39N3O3/c28-25(31)21-16-20(17-10-4-1-5-11-17)22(18-12-6-2-7-13-18)24(26(32)30-27(29)33)23(21)19-14-8-3-9-15-19/h16-19H,1-15H2,(H2,28,31)(H3,29,30,32,33). The molecule has 0 radical (unpaired) electrons. The van der Waals surface area contributed by atoms with E-state index in [-0.39, 0.29) is 11.8 Å². The Kier molecular flexibility index (Phi) is 7.71. The maximum absolute atomic E-state index is 13.6. The van der Waals surface area contributed by atoms with Crippen LogP contribution in [0.4, 0.5) is 4.79 Å². The zero-order chi connectivity index (χ0) is 23.4. The van der Waals surface area contributed by atoms with Crippen LogP contribution in [0.2, 0.25) is 0 Å². The summed E-state index contributed by atoms with van der Waals surface area (Å²) in [5, 5.41) is 2.36. The van der Waals surface area contributed by atoms with Gasteiger partial charge in [0.05, 0.1) is 0 Å². The molecule has 33 heavy (non-hydrogen) atoms. The van der Waals surface area contributed by atoms with Gasteiger partial charge in [-0.05, 0) is 79.0 Å². The molecule has 0 saturated heterocycles. The van der Waals surface area contributed by atoms with Crippen molar-refractivity contribution in [2.75, 3.05) is 0 Å². The van der Waals surface area contributed by atoms with Crippen LogP contribution in [-0.4, -0.2) is 17.8 Å². The third kappa shape index (κ3) is 5.25. The molecule has 0 bridgehead atoms. The number of benzene rings is 1. The lowest BCUT2D eigenvalue weighted by Crippen LogP contribution is -2.37. The largest absolute Gasteiger partial charge is 0.366 e. The Morgan fingerprint density at radius 1 is 0.667 bits per heavy atom. The molecule has 5 N–H and O–H groups in total. The molecule has 3 saturated carbocycles. The monoisotopic (exact) mass is 453 g/mol. The first-order valence-electron chi connectivity index (χ1n) is 13.1. The third-order valence-corrected chi connectivity index (χ3v) is 8.24. The average molecular weight is 454 g/mol. The Morgan fingerprint density at radius 2 is 1.12 bits per heavy atom. The van der Waals surface area contributed by atoms with Crippen LogP contribution in [0.5, 0.6) is 0 Å². The number of urea groups is 1. The Bertz CT molecular complexity index is 892. The molecule has 3 fully saturated rings. The van der Waals surface area contributed by atoms with Crippen molar-refractivity contribution < 1.29 is 14.4 Å². The molecule has 0 aliphatic heterocycles. The summed E-state index contributed by atoms with van der Waals surface area (Å²) in [5.41, 5.74) is 15.4. The van der Waals surface area contributed by atoms with E-state index >= 15 is 0 Å². The van der Waals surface area contributed by atoms with Crippen LogP contribution in [0.25, 0.3) is 0 Å². The fourth-order valence-electron chi connectivity index (χ4n) is 6.76. The van der Waals surface area contributed by atoms with E-state index in [9.17, 15) is 14.4 Å². The first-order valence-corrected chi connectivity index (χ1v) is 13.1. The van der Waals surface area contributed by atoms with Gasteiger partial charge in [-0.25, -0.2) is 4.79 Å². The number of nitrogens with one attached hydrogen (secondary N) is 1. The number of primary amides is 2. The summed E-state index contributed by atoms with van der Waals surface area (Å²) in [6.07, 6.45) is 16.4. The van der Waals surface area contributed by atoms with Gasteiger partial charge in [0.1, 0.15) is 0 Å². The molecule has 4 rings (SSSR count). The molecule has 0 unspecified atom stereocenters. The Balaban J connectivity index is 1.98. The molecular formula is C27H39N3O3. The third-order valence-electron chi connectivity index (χ3n) is 8.24. The minimum absolute atomic E-state index is 0.109. The van der Waals surface area contributed by atoms with Crippen LogP contribution >= 0.6 is 0 Å². The maximum atomic E-state index is 13.6. The number of amides is 4. The molecule has 0 heterocycles. The van der Waals surface area contributed by atoms with Gasteiger partial charge >= 0.3 is 6.03 Å². The van der Waals surface area contributed by atoms with Gasteiger partial charge < -0.3 is 11.5 Å². The first kappa shape index (κ1) is 23.8. The van der Waals surface area contributed by atoms with Crippen LogP contribution in [0.3, 0.4) is 0 Å². The number of carbonyl (C=O) groups excluding carboxylic acids is 3. The van der Waals surface area contributed by atoms with Crippen molar-refractivity contribution in [3.8, 4) is 0 Å². The molecule has 3 aliphatic carbocycles. The number of hydrogen-bond donors (Lipinski definition) is 3. The van der Waals surface area contributed by atoms with E-state index in [1.54, 1.807) is 0 Å². The quantitative estimate of drug-likeness (QED) is 0.528. The second kappa shape index (κ2) is 10.7. The predicted octanol–water partition coefficient (Wildman–Crippen LogP) is 5.74. The molecule has 4 amide bonds. The summed E-state index contributed by atoms with van der Waals surface area (Å²) in [6.45, 7) is 0. The van der Waals surface area contributed by atoms with Crippen LogP contribution in [0.15, 0.2) is 6.07 Å². The molecule has 0 aromatic heterocycles. The highest BCUT2D eigenvalue weighted by molar-refractivity contribution is 6.08. The number of carbonyl (C=O) groups is 3. The van der Waals surface area contributed by atoms with Crippen LogP contribution < -0.4 is 16.8 Å². The Labute approximate surface area is 197 Å². The van der Waals surface area contributed by atoms with Crippen LogP contribution in [0.1, 0.15) is 151 Å². The second-order valence-electron chi connectivity index (χ2n) is 10.4. The number of imide groups is 1. The van der Waals surface area contributed by atoms with Crippen molar-refractivity contribution in [2.45, 2.75) is 114 Å². The van der Waals surface area contributed by atoms with Crippen molar-refractivity contribution in [2.24, 2.45) is 11.5 Å². The summed E-state index contributed by atoms with van der Waals surface area (Å²) < 4.78 is 0. The van der Waals surface area contributed by atoms with Gasteiger partial charge in [0.2, 0.25) is 5.91 Å². The van der Waals surface area contributed by atoms with E-state index in [0.717, 1.165) is 93.7 Å². The highest BCUT2D eigenvalue weighted by atomic mass is 16.2. The van der Waals surface area contributed by atoms with Gasteiger partial charge in [-0.1, -0.05) is 57.8 Å². The van der Waals surface area contributed by atoms with Gasteiger partial charge in [-0.2, -0.15) is 0 Å². The molecule has 0 atom stereocenters. The maximum Gasteiger partial charge on any atom is 0.319 e. The summed E-state index contributed by atoms with van der Waals surface area (Å²) >= 11 is 0. The molecule has 1 aromatic rings. The highest BCUT2D eigenvalue weighted by Gasteiger charge is 2.35. The van der Waals surface area contributed by atoms with Crippen molar-refractivity contribution in [3.63, 3.8) is 0 Å². The summed E-state index contributed by atoms with van der Waals surface area (Å²) in [7, 11) is 0. The Morgan fingerprint density at radius 3 is 1.58 bits per heavy atom. The molecular weight excluding hydrogens is 414 g/mol. The summed E-state index contributed by atoms with van der Waals surface area (Å²) in [6, 6.07) is 1.20. The lowest BCUT2D eigenvalue weighted by atomic mass is 9.69. The molecule has 3 aliphatic rings. The molecule has 6 heteroatoms. The van der Waals surface area contributed by atoms with Gasteiger partial charge in [-0.15, -0.1) is 0 Å². The van der Waals surface area contributed by atoms with E-state index < -0.39 is 17.8 Å². The minimum atomic E-state index is -0.854. The van der Waals surface area contributed by atoms with Crippen LogP contribution in [-0.2, 0) is 0 Å². The SMILES string of the molecule is NC(=O)NC(=O)c1c(C2CCCCC2)c(C(N)=O)cc(C2CCCCC2)c1C1CCCCC1. The summed E-state index contributed by atoms with van der Waals surface area (Å²) in [5.74, 6) is -0.222. The normalized spacial score (nSPS) is 21.0. The fraction of sp³-hybridized carbons (Fsp3) is 0.667. The van der Waals surface area contributed by atoms with Gasteiger partial charge in [-0.3, -0.25) is 14.9 Å². The minimum Gasteiger partial charge on any atom is -0.366 e. The van der Waals surface area contributed by atoms with Gasteiger partial charge in [0, 0.05) is 11.1 Å². The number of nitrogens with two attached hydrogens (primary N) is 2. The average Bonchev–Trinajstić information content (AvgIpc) is 2.83. The fourth-order valence-corrected chi connectivity index (χ4v) is 6.76. The zero-order valence-corrected chi connectivity index (χ0v) is 19.8. The smallest absolute Gasteiger partial charge is 0.319 e. The van der Waals surface area contributed by atoms with Crippen molar-refractivity contribution in [1.29, 1.82) is 0 Å². The lowest BCUT2D eigenvalue weighted by molar-refractivity contribution is 0.0962. The first-order chi connectivity index (χ1) is 16.0. The Hall–Kier alpha value is -2.37. The van der Waals surface area contributed by atoms with Crippen molar-refractivity contribution >= 4 is 17.8 Å². The highest BCUT2D eigenvalue weighted by Crippen LogP contribution is 2.47. The zero-order valence-electron chi connectivity index (χ0n) is 19.8. The molecule has 6 nitrogen and oxygen atoms in total.